The standard InChI is InChI=1S/C19H25N5/c1-11(2)7-12-8-17(24-23-12)18-21-15-9-13-14(10-16(15)22-18)20-6-5-19(13,3)4/h8-11,20H,5-7H2,1-4H3,(H,21,22)(H,23,24). The highest BCUT2D eigenvalue weighted by atomic mass is 15.1. The van der Waals surface area contributed by atoms with E-state index < -0.39 is 0 Å². The second-order valence-corrected chi connectivity index (χ2v) is 7.94. The molecule has 1 aliphatic rings. The van der Waals surface area contributed by atoms with Gasteiger partial charge >= 0.3 is 0 Å². The van der Waals surface area contributed by atoms with Crippen molar-refractivity contribution >= 4 is 16.7 Å². The first-order valence-corrected chi connectivity index (χ1v) is 8.75. The van der Waals surface area contributed by atoms with Gasteiger partial charge in [-0.25, -0.2) is 4.98 Å². The molecule has 126 valence electrons. The van der Waals surface area contributed by atoms with Gasteiger partial charge in [0.15, 0.2) is 5.82 Å². The van der Waals surface area contributed by atoms with Gasteiger partial charge in [0.05, 0.1) is 11.0 Å². The largest absolute Gasteiger partial charge is 0.385 e. The molecule has 3 aromatic rings. The van der Waals surface area contributed by atoms with Crippen molar-refractivity contribution < 1.29 is 0 Å². The van der Waals surface area contributed by atoms with Gasteiger partial charge in [-0.15, -0.1) is 0 Å². The molecule has 2 aromatic heterocycles. The number of rotatable bonds is 3. The van der Waals surface area contributed by atoms with Gasteiger partial charge in [-0.2, -0.15) is 5.10 Å². The number of nitrogens with one attached hydrogen (secondary N) is 3. The first kappa shape index (κ1) is 15.2. The van der Waals surface area contributed by atoms with Crippen LogP contribution in [0.25, 0.3) is 22.6 Å². The number of nitrogens with zero attached hydrogens (tertiary/aromatic N) is 2. The lowest BCUT2D eigenvalue weighted by Crippen LogP contribution is -2.28. The Kier molecular flexibility index (Phi) is 3.41. The SMILES string of the molecule is CC(C)Cc1cc(-c2nc3cc4c(cc3[nH]2)C(C)(C)CCN4)n[nH]1. The molecule has 0 bridgehead atoms. The second kappa shape index (κ2) is 5.36. The minimum absolute atomic E-state index is 0.191. The number of hydrogen-bond acceptors (Lipinski definition) is 3. The Bertz CT molecular complexity index is 884. The Morgan fingerprint density at radius 3 is 2.83 bits per heavy atom. The molecule has 0 unspecified atom stereocenters. The Hall–Kier alpha value is -2.30. The number of fused-ring (bicyclic) bond motifs is 2. The number of anilines is 1. The fraction of sp³-hybridized carbons (Fsp3) is 0.474. The first-order valence-electron chi connectivity index (χ1n) is 8.75. The minimum Gasteiger partial charge on any atom is -0.385 e. The first-order chi connectivity index (χ1) is 11.4. The third-order valence-corrected chi connectivity index (χ3v) is 4.92. The van der Waals surface area contributed by atoms with Crippen LogP contribution in [0, 0.1) is 5.92 Å². The van der Waals surface area contributed by atoms with E-state index in [9.17, 15) is 0 Å². The molecule has 1 aromatic carbocycles. The van der Waals surface area contributed by atoms with Gasteiger partial charge in [-0.1, -0.05) is 27.7 Å². The Morgan fingerprint density at radius 1 is 1.21 bits per heavy atom. The maximum atomic E-state index is 4.75. The van der Waals surface area contributed by atoms with E-state index in [4.69, 9.17) is 4.98 Å². The van der Waals surface area contributed by atoms with Crippen LogP contribution in [0.2, 0.25) is 0 Å². The molecule has 24 heavy (non-hydrogen) atoms. The fourth-order valence-corrected chi connectivity index (χ4v) is 3.56. The zero-order valence-electron chi connectivity index (χ0n) is 14.8. The maximum Gasteiger partial charge on any atom is 0.159 e. The van der Waals surface area contributed by atoms with Crippen LogP contribution in [0.5, 0.6) is 0 Å². The summed E-state index contributed by atoms with van der Waals surface area (Å²) in [4.78, 5) is 8.20. The van der Waals surface area contributed by atoms with Crippen LogP contribution >= 0.6 is 0 Å². The van der Waals surface area contributed by atoms with Gasteiger partial charge in [0.1, 0.15) is 5.69 Å². The topological polar surface area (TPSA) is 69.4 Å². The number of hydrogen-bond donors (Lipinski definition) is 3. The molecular formula is C19H25N5. The molecule has 3 heterocycles. The molecule has 0 atom stereocenters. The van der Waals surface area contributed by atoms with E-state index in [-0.39, 0.29) is 5.41 Å². The molecule has 1 aliphatic heterocycles. The molecular weight excluding hydrogens is 298 g/mol. The fourth-order valence-electron chi connectivity index (χ4n) is 3.56. The van der Waals surface area contributed by atoms with Gasteiger partial charge in [-0.05, 0) is 47.9 Å². The highest BCUT2D eigenvalue weighted by molar-refractivity contribution is 5.85. The molecule has 3 N–H and O–H groups in total. The zero-order valence-corrected chi connectivity index (χ0v) is 14.8. The lowest BCUT2D eigenvalue weighted by Gasteiger charge is -2.33. The van der Waals surface area contributed by atoms with Crippen LogP contribution in [0.4, 0.5) is 5.69 Å². The van der Waals surface area contributed by atoms with E-state index in [1.54, 1.807) is 0 Å². The Morgan fingerprint density at radius 2 is 2.04 bits per heavy atom. The number of imidazole rings is 1. The van der Waals surface area contributed by atoms with E-state index in [0.29, 0.717) is 5.92 Å². The predicted molar refractivity (Wildman–Crippen MR) is 98.4 cm³/mol. The molecule has 0 aliphatic carbocycles. The molecule has 0 saturated heterocycles. The van der Waals surface area contributed by atoms with Crippen molar-refractivity contribution in [2.75, 3.05) is 11.9 Å². The summed E-state index contributed by atoms with van der Waals surface area (Å²) in [7, 11) is 0. The van der Waals surface area contributed by atoms with Crippen molar-refractivity contribution in [2.45, 2.75) is 46.0 Å². The van der Waals surface area contributed by atoms with E-state index in [1.807, 2.05) is 0 Å². The summed E-state index contributed by atoms with van der Waals surface area (Å²) in [6.07, 6.45) is 2.14. The van der Waals surface area contributed by atoms with Crippen molar-refractivity contribution in [3.63, 3.8) is 0 Å². The van der Waals surface area contributed by atoms with Crippen LogP contribution in [-0.2, 0) is 11.8 Å². The lowest BCUT2D eigenvalue weighted by molar-refractivity contribution is 0.482. The number of aromatic amines is 2. The molecule has 0 fully saturated rings. The van der Waals surface area contributed by atoms with E-state index in [0.717, 1.165) is 47.6 Å². The average molecular weight is 323 g/mol. The summed E-state index contributed by atoms with van der Waals surface area (Å²) >= 11 is 0. The van der Waals surface area contributed by atoms with Crippen LogP contribution in [0.1, 0.15) is 45.4 Å². The lowest BCUT2D eigenvalue weighted by atomic mass is 9.78. The Balaban J connectivity index is 1.75. The van der Waals surface area contributed by atoms with Crippen molar-refractivity contribution in [2.24, 2.45) is 5.92 Å². The van der Waals surface area contributed by atoms with Gasteiger partial charge in [0.25, 0.3) is 0 Å². The number of benzene rings is 1. The van der Waals surface area contributed by atoms with Crippen LogP contribution in [0.3, 0.4) is 0 Å². The molecule has 5 nitrogen and oxygen atoms in total. The quantitative estimate of drug-likeness (QED) is 0.675. The number of H-pyrrole nitrogens is 2. The molecule has 0 spiro atoms. The third-order valence-electron chi connectivity index (χ3n) is 4.92. The van der Waals surface area contributed by atoms with Crippen LogP contribution in [0.15, 0.2) is 18.2 Å². The second-order valence-electron chi connectivity index (χ2n) is 7.94. The highest BCUT2D eigenvalue weighted by Crippen LogP contribution is 2.38. The van der Waals surface area contributed by atoms with E-state index >= 15 is 0 Å². The smallest absolute Gasteiger partial charge is 0.159 e. The molecule has 0 saturated carbocycles. The normalized spacial score (nSPS) is 16.4. The summed E-state index contributed by atoms with van der Waals surface area (Å²) in [6.45, 7) is 10.0. The van der Waals surface area contributed by atoms with Gasteiger partial charge in [0, 0.05) is 17.9 Å². The van der Waals surface area contributed by atoms with Crippen molar-refractivity contribution in [3.8, 4) is 11.5 Å². The maximum absolute atomic E-state index is 4.75. The highest BCUT2D eigenvalue weighted by Gasteiger charge is 2.28. The van der Waals surface area contributed by atoms with Crippen LogP contribution < -0.4 is 5.32 Å². The van der Waals surface area contributed by atoms with E-state index in [1.165, 1.54) is 11.3 Å². The van der Waals surface area contributed by atoms with Crippen molar-refractivity contribution in [1.29, 1.82) is 0 Å². The summed E-state index contributed by atoms with van der Waals surface area (Å²) in [6, 6.07) is 6.50. The van der Waals surface area contributed by atoms with E-state index in [2.05, 4.69) is 66.4 Å². The third kappa shape index (κ3) is 2.58. The predicted octanol–water partition coefficient (Wildman–Crippen LogP) is 4.24. The summed E-state index contributed by atoms with van der Waals surface area (Å²) in [5.74, 6) is 1.44. The molecule has 0 amide bonds. The van der Waals surface area contributed by atoms with Gasteiger partial charge in [0.2, 0.25) is 0 Å². The van der Waals surface area contributed by atoms with Gasteiger partial charge in [-0.3, -0.25) is 5.10 Å². The molecule has 4 rings (SSSR count). The minimum atomic E-state index is 0.191. The van der Waals surface area contributed by atoms with Crippen molar-refractivity contribution in [3.05, 3.63) is 29.5 Å². The summed E-state index contributed by atoms with van der Waals surface area (Å²) in [5.41, 5.74) is 6.86. The average Bonchev–Trinajstić information content (AvgIpc) is 3.10. The summed E-state index contributed by atoms with van der Waals surface area (Å²) in [5, 5.41) is 11.1. The van der Waals surface area contributed by atoms with Gasteiger partial charge < -0.3 is 10.3 Å². The van der Waals surface area contributed by atoms with Crippen molar-refractivity contribution in [1.82, 2.24) is 20.2 Å². The summed E-state index contributed by atoms with van der Waals surface area (Å²) < 4.78 is 0. The number of aromatic nitrogens is 4. The molecule has 5 heteroatoms. The molecule has 0 radical (unpaired) electrons. The zero-order chi connectivity index (χ0) is 16.9. The Labute approximate surface area is 142 Å². The van der Waals surface area contributed by atoms with Crippen LogP contribution in [-0.4, -0.2) is 26.7 Å². The monoisotopic (exact) mass is 323 g/mol.